The topological polar surface area (TPSA) is 88.6 Å². The first-order valence-electron chi connectivity index (χ1n) is 4.94. The van der Waals surface area contributed by atoms with Crippen LogP contribution in [0.15, 0.2) is 16.9 Å². The van der Waals surface area contributed by atoms with E-state index in [-0.39, 0.29) is 20.8 Å². The first-order valence-corrected chi connectivity index (χ1v) is 5.69. The lowest BCUT2D eigenvalue weighted by atomic mass is 10.1. The molecule has 0 fully saturated rings. The fraction of sp³-hybridized carbons (Fsp3) is 0.0909. The molecule has 2 N–H and O–H groups in total. The first-order chi connectivity index (χ1) is 8.93. The van der Waals surface area contributed by atoms with Crippen LogP contribution in [0.25, 0.3) is 10.8 Å². The summed E-state index contributed by atoms with van der Waals surface area (Å²) >= 11 is 11.6. The number of H-pyrrole nitrogens is 1. The van der Waals surface area contributed by atoms with Gasteiger partial charge in [-0.3, -0.25) is 9.78 Å². The number of hydrogen-bond donors (Lipinski definition) is 2. The van der Waals surface area contributed by atoms with Gasteiger partial charge < -0.3 is 14.6 Å². The fourth-order valence-corrected chi connectivity index (χ4v) is 1.81. The summed E-state index contributed by atoms with van der Waals surface area (Å²) in [4.78, 5) is 25.0. The summed E-state index contributed by atoms with van der Waals surface area (Å²) in [5, 5.41) is 10.5. The Labute approximate surface area is 116 Å². The Morgan fingerprint density at radius 1 is 1.26 bits per heavy atom. The van der Waals surface area contributed by atoms with Crippen molar-refractivity contribution in [3.63, 3.8) is 0 Å². The minimum Gasteiger partial charge on any atom is -0.503 e. The molecule has 0 aliphatic rings. The van der Waals surface area contributed by atoms with Gasteiger partial charge >= 0.3 is 6.16 Å². The van der Waals surface area contributed by atoms with Gasteiger partial charge in [0.05, 0.1) is 22.5 Å². The third-order valence-corrected chi connectivity index (χ3v) is 3.08. The van der Waals surface area contributed by atoms with Crippen LogP contribution in [0.4, 0.5) is 4.79 Å². The molecule has 1 aromatic carbocycles. The van der Waals surface area contributed by atoms with Gasteiger partial charge in [-0.05, 0) is 12.1 Å². The average molecular weight is 304 g/mol. The molecule has 6 nitrogen and oxygen atoms in total. The Morgan fingerprint density at radius 3 is 2.42 bits per heavy atom. The van der Waals surface area contributed by atoms with Gasteiger partial charge in [0, 0.05) is 5.39 Å². The second kappa shape index (κ2) is 4.99. The quantitative estimate of drug-likeness (QED) is 0.791. The molecule has 0 radical (unpaired) electrons. The van der Waals surface area contributed by atoms with Gasteiger partial charge in [0.25, 0.3) is 5.56 Å². The Kier molecular flexibility index (Phi) is 3.55. The molecule has 1 heterocycles. The van der Waals surface area contributed by atoms with Crippen molar-refractivity contribution in [3.05, 3.63) is 32.5 Å². The molecule has 19 heavy (non-hydrogen) atoms. The number of methoxy groups -OCH3 is 1. The molecule has 0 aliphatic carbocycles. The number of benzene rings is 1. The zero-order valence-electron chi connectivity index (χ0n) is 9.49. The maximum Gasteiger partial charge on any atom is 0.514 e. The van der Waals surface area contributed by atoms with Crippen LogP contribution >= 0.6 is 23.2 Å². The molecule has 2 aromatic rings. The minimum atomic E-state index is -1.08. The number of rotatable bonds is 1. The van der Waals surface area contributed by atoms with E-state index in [0.29, 0.717) is 0 Å². The standard InChI is InChI=1S/C11H7Cl2NO5/c1-18-11(17)19-10-8(15)4-2-6(12)7(13)3-5(4)9(16)14-10/h2-3,15H,1H3,(H,14,16). The molecule has 0 spiro atoms. The van der Waals surface area contributed by atoms with Crippen molar-refractivity contribution in [2.45, 2.75) is 0 Å². The Balaban J connectivity index is 2.71. The first kappa shape index (κ1) is 13.5. The van der Waals surface area contributed by atoms with Crippen molar-refractivity contribution in [3.8, 4) is 11.6 Å². The molecule has 0 amide bonds. The van der Waals surface area contributed by atoms with E-state index in [1.54, 1.807) is 0 Å². The highest BCUT2D eigenvalue weighted by Gasteiger charge is 2.16. The lowest BCUT2D eigenvalue weighted by Crippen LogP contribution is -2.14. The minimum absolute atomic E-state index is 0.108. The molecule has 0 atom stereocenters. The van der Waals surface area contributed by atoms with Gasteiger partial charge in [0.1, 0.15) is 0 Å². The number of carbonyl (C=O) groups excluding carboxylic acids is 1. The lowest BCUT2D eigenvalue weighted by Gasteiger charge is -2.08. The van der Waals surface area contributed by atoms with Crippen LogP contribution in [0.5, 0.6) is 11.6 Å². The predicted molar refractivity (Wildman–Crippen MR) is 69.3 cm³/mol. The summed E-state index contributed by atoms with van der Waals surface area (Å²) in [5.41, 5.74) is -0.592. The van der Waals surface area contributed by atoms with E-state index in [1.165, 1.54) is 12.1 Å². The second-order valence-corrected chi connectivity index (χ2v) is 4.31. The SMILES string of the molecule is COC(=O)Oc1[nH]c(=O)c2cc(Cl)c(Cl)cc2c1O. The molecular formula is C11H7Cl2NO5. The maximum atomic E-state index is 11.8. The van der Waals surface area contributed by atoms with E-state index in [1.807, 2.05) is 0 Å². The van der Waals surface area contributed by atoms with Crippen LogP contribution in [0.1, 0.15) is 0 Å². The summed E-state index contributed by atoms with van der Waals surface area (Å²) in [7, 11) is 1.09. The maximum absolute atomic E-state index is 11.8. The summed E-state index contributed by atoms with van der Waals surface area (Å²) in [6.45, 7) is 0. The monoisotopic (exact) mass is 303 g/mol. The number of ether oxygens (including phenoxy) is 2. The van der Waals surface area contributed by atoms with E-state index in [4.69, 9.17) is 23.2 Å². The molecule has 0 saturated carbocycles. The van der Waals surface area contributed by atoms with E-state index in [9.17, 15) is 14.7 Å². The molecular weight excluding hydrogens is 297 g/mol. The highest BCUT2D eigenvalue weighted by Crippen LogP contribution is 2.35. The Bertz CT molecular complexity index is 725. The second-order valence-electron chi connectivity index (χ2n) is 3.50. The van der Waals surface area contributed by atoms with E-state index in [2.05, 4.69) is 14.5 Å². The number of aromatic nitrogens is 1. The third kappa shape index (κ3) is 2.45. The van der Waals surface area contributed by atoms with E-state index < -0.39 is 23.3 Å². The molecule has 1 aromatic heterocycles. The molecule has 2 rings (SSSR count). The van der Waals surface area contributed by atoms with Crippen LogP contribution < -0.4 is 10.3 Å². The van der Waals surface area contributed by atoms with Crippen LogP contribution in [0.3, 0.4) is 0 Å². The van der Waals surface area contributed by atoms with Gasteiger partial charge in [-0.1, -0.05) is 23.2 Å². The zero-order chi connectivity index (χ0) is 14.2. The molecule has 0 aliphatic heterocycles. The lowest BCUT2D eigenvalue weighted by molar-refractivity contribution is 0.118. The Hall–Kier alpha value is -1.92. The van der Waals surface area contributed by atoms with Crippen LogP contribution in [-0.2, 0) is 4.74 Å². The average Bonchev–Trinajstić information content (AvgIpc) is 2.37. The molecule has 0 unspecified atom stereocenters. The van der Waals surface area contributed by atoms with Gasteiger partial charge in [-0.15, -0.1) is 0 Å². The third-order valence-electron chi connectivity index (χ3n) is 2.35. The van der Waals surface area contributed by atoms with Crippen molar-refractivity contribution < 1.29 is 19.4 Å². The largest absolute Gasteiger partial charge is 0.514 e. The smallest absolute Gasteiger partial charge is 0.503 e. The zero-order valence-corrected chi connectivity index (χ0v) is 11.0. The number of nitrogens with one attached hydrogen (secondary N) is 1. The van der Waals surface area contributed by atoms with E-state index in [0.717, 1.165) is 7.11 Å². The highest BCUT2D eigenvalue weighted by atomic mass is 35.5. The van der Waals surface area contributed by atoms with Gasteiger partial charge in [-0.2, -0.15) is 0 Å². The molecule has 0 saturated heterocycles. The normalized spacial score (nSPS) is 10.5. The summed E-state index contributed by atoms with van der Waals surface area (Å²) < 4.78 is 8.87. The highest BCUT2D eigenvalue weighted by molar-refractivity contribution is 6.42. The van der Waals surface area contributed by atoms with Crippen molar-refractivity contribution >= 4 is 40.1 Å². The number of pyridine rings is 1. The van der Waals surface area contributed by atoms with Crippen LogP contribution in [0.2, 0.25) is 10.0 Å². The summed E-state index contributed by atoms with van der Waals surface area (Å²) in [6.07, 6.45) is -1.08. The van der Waals surface area contributed by atoms with Gasteiger partial charge in [-0.25, -0.2) is 4.79 Å². The number of halogens is 2. The molecule has 0 bridgehead atoms. The number of carbonyl (C=O) groups is 1. The van der Waals surface area contributed by atoms with Gasteiger partial charge in [0.2, 0.25) is 5.88 Å². The molecule has 8 heteroatoms. The summed E-state index contributed by atoms with van der Waals surface area (Å²) in [5.74, 6) is -0.874. The van der Waals surface area contributed by atoms with Crippen LogP contribution in [-0.4, -0.2) is 23.4 Å². The summed E-state index contributed by atoms with van der Waals surface area (Å²) in [6, 6.07) is 2.60. The van der Waals surface area contributed by atoms with Crippen molar-refractivity contribution in [1.82, 2.24) is 4.98 Å². The number of fused-ring (bicyclic) bond motifs is 1. The van der Waals surface area contributed by atoms with Crippen molar-refractivity contribution in [1.29, 1.82) is 0 Å². The van der Waals surface area contributed by atoms with Crippen LogP contribution in [0, 0.1) is 0 Å². The predicted octanol–water partition coefficient (Wildman–Crippen LogP) is 2.69. The fourth-order valence-electron chi connectivity index (χ4n) is 1.48. The van der Waals surface area contributed by atoms with E-state index >= 15 is 0 Å². The number of aromatic hydroxyl groups is 1. The number of aromatic amines is 1. The van der Waals surface area contributed by atoms with Gasteiger partial charge in [0.15, 0.2) is 5.75 Å². The molecule has 100 valence electrons. The van der Waals surface area contributed by atoms with Crippen molar-refractivity contribution in [2.75, 3.05) is 7.11 Å². The van der Waals surface area contributed by atoms with Crippen molar-refractivity contribution in [2.24, 2.45) is 0 Å². The number of hydrogen-bond acceptors (Lipinski definition) is 5. The Morgan fingerprint density at radius 2 is 1.84 bits per heavy atom.